The topological polar surface area (TPSA) is 49.3 Å². The van der Waals surface area contributed by atoms with Crippen molar-refractivity contribution in [2.75, 3.05) is 6.54 Å². The maximum absolute atomic E-state index is 11.8. The molecule has 0 aliphatic heterocycles. The van der Waals surface area contributed by atoms with Gasteiger partial charge in [-0.25, -0.2) is 0 Å². The lowest BCUT2D eigenvalue weighted by Gasteiger charge is -2.09. The molecule has 0 aliphatic carbocycles. The van der Waals surface area contributed by atoms with Crippen LogP contribution >= 0.6 is 0 Å². The van der Waals surface area contributed by atoms with Crippen LogP contribution < -0.4 is 5.32 Å². The highest BCUT2D eigenvalue weighted by atomic mass is 16.3. The van der Waals surface area contributed by atoms with E-state index in [1.54, 1.807) is 0 Å². The third-order valence-corrected chi connectivity index (χ3v) is 3.00. The normalized spacial score (nSPS) is 12.2. The molecule has 0 aromatic heterocycles. The Labute approximate surface area is 109 Å². The minimum absolute atomic E-state index is 0.121. The minimum Gasteiger partial charge on any atom is -0.391 e. The van der Waals surface area contributed by atoms with Crippen LogP contribution in [0.1, 0.15) is 49.0 Å². The van der Waals surface area contributed by atoms with Gasteiger partial charge in [-0.15, -0.1) is 0 Å². The monoisotopic (exact) mass is 249 g/mol. The molecule has 0 aliphatic rings. The minimum atomic E-state index is -0.460. The fourth-order valence-electron chi connectivity index (χ4n) is 1.66. The van der Waals surface area contributed by atoms with Gasteiger partial charge in [0.2, 0.25) is 0 Å². The summed E-state index contributed by atoms with van der Waals surface area (Å²) in [4.78, 5) is 11.8. The molecule has 3 heteroatoms. The van der Waals surface area contributed by atoms with E-state index >= 15 is 0 Å². The van der Waals surface area contributed by atoms with Gasteiger partial charge in [-0.2, -0.15) is 0 Å². The van der Waals surface area contributed by atoms with E-state index < -0.39 is 6.10 Å². The molecule has 3 nitrogen and oxygen atoms in total. The van der Waals surface area contributed by atoms with Gasteiger partial charge in [-0.05, 0) is 37.0 Å². The van der Waals surface area contributed by atoms with Crippen LogP contribution in [0.5, 0.6) is 0 Å². The maximum atomic E-state index is 11.8. The number of amides is 1. The number of unbranched alkanes of at least 4 members (excludes halogenated alkanes) is 1. The van der Waals surface area contributed by atoms with E-state index in [0.29, 0.717) is 18.5 Å². The molecular formula is C15H23NO2. The number of aliphatic hydroxyl groups excluding tert-OH is 1. The Morgan fingerprint density at radius 2 is 1.94 bits per heavy atom. The summed E-state index contributed by atoms with van der Waals surface area (Å²) in [5.74, 6) is -0.121. The first-order valence-corrected chi connectivity index (χ1v) is 6.72. The fraction of sp³-hybridized carbons (Fsp3) is 0.533. The number of aryl methyl sites for hydroxylation is 1. The van der Waals surface area contributed by atoms with Gasteiger partial charge >= 0.3 is 0 Å². The van der Waals surface area contributed by atoms with Gasteiger partial charge in [0, 0.05) is 12.1 Å². The molecule has 0 fully saturated rings. The molecule has 1 aromatic rings. The van der Waals surface area contributed by atoms with Gasteiger partial charge in [0.1, 0.15) is 0 Å². The second-order valence-corrected chi connectivity index (χ2v) is 4.57. The van der Waals surface area contributed by atoms with Crippen molar-refractivity contribution in [2.24, 2.45) is 0 Å². The highest BCUT2D eigenvalue weighted by Gasteiger charge is 2.07. The molecule has 0 radical (unpaired) electrons. The van der Waals surface area contributed by atoms with E-state index in [-0.39, 0.29) is 5.91 Å². The lowest BCUT2D eigenvalue weighted by atomic mass is 10.1. The zero-order valence-corrected chi connectivity index (χ0v) is 11.3. The molecule has 18 heavy (non-hydrogen) atoms. The predicted octanol–water partition coefficient (Wildman–Crippen LogP) is 2.53. The zero-order valence-electron chi connectivity index (χ0n) is 11.3. The van der Waals surface area contributed by atoms with Crippen molar-refractivity contribution in [2.45, 2.75) is 45.6 Å². The Kier molecular flexibility index (Phi) is 6.44. The second kappa shape index (κ2) is 7.88. The number of rotatable bonds is 7. The van der Waals surface area contributed by atoms with E-state index in [4.69, 9.17) is 0 Å². The van der Waals surface area contributed by atoms with Crippen LogP contribution in [0.15, 0.2) is 24.3 Å². The summed E-state index contributed by atoms with van der Waals surface area (Å²) in [5.41, 5.74) is 1.92. The van der Waals surface area contributed by atoms with Crippen molar-refractivity contribution in [3.05, 3.63) is 35.4 Å². The first-order valence-electron chi connectivity index (χ1n) is 6.72. The van der Waals surface area contributed by atoms with E-state index in [9.17, 15) is 9.90 Å². The number of carbonyl (C=O) groups excluding carboxylic acids is 1. The first-order chi connectivity index (χ1) is 8.67. The predicted molar refractivity (Wildman–Crippen MR) is 73.7 cm³/mol. The molecule has 1 aromatic carbocycles. The summed E-state index contributed by atoms with van der Waals surface area (Å²) in [6.45, 7) is 4.37. The molecule has 2 N–H and O–H groups in total. The SMILES string of the molecule is CCCCc1ccc(C(=O)NCC(O)CC)cc1. The van der Waals surface area contributed by atoms with Gasteiger partial charge in [0.15, 0.2) is 0 Å². The lowest BCUT2D eigenvalue weighted by molar-refractivity contribution is 0.0914. The van der Waals surface area contributed by atoms with Gasteiger partial charge < -0.3 is 10.4 Å². The second-order valence-electron chi connectivity index (χ2n) is 4.57. The number of hydrogen-bond donors (Lipinski definition) is 2. The van der Waals surface area contributed by atoms with Gasteiger partial charge in [0.25, 0.3) is 5.91 Å². The zero-order chi connectivity index (χ0) is 13.4. The van der Waals surface area contributed by atoms with Crippen LogP contribution in [0, 0.1) is 0 Å². The summed E-state index contributed by atoms with van der Waals surface area (Å²) >= 11 is 0. The molecule has 0 saturated heterocycles. The number of benzene rings is 1. The summed E-state index contributed by atoms with van der Waals surface area (Å²) in [6.07, 6.45) is 3.60. The standard InChI is InChI=1S/C15H23NO2/c1-3-5-6-12-7-9-13(10-8-12)15(18)16-11-14(17)4-2/h7-10,14,17H,3-6,11H2,1-2H3,(H,16,18). The van der Waals surface area contributed by atoms with Crippen molar-refractivity contribution in [3.8, 4) is 0 Å². The van der Waals surface area contributed by atoms with E-state index in [2.05, 4.69) is 12.2 Å². The maximum Gasteiger partial charge on any atom is 0.251 e. The molecular weight excluding hydrogens is 226 g/mol. The number of carbonyl (C=O) groups is 1. The summed E-state index contributed by atoms with van der Waals surface area (Å²) < 4.78 is 0. The van der Waals surface area contributed by atoms with E-state index in [1.807, 2.05) is 31.2 Å². The van der Waals surface area contributed by atoms with Gasteiger partial charge in [-0.3, -0.25) is 4.79 Å². The Morgan fingerprint density at radius 3 is 2.50 bits per heavy atom. The number of hydrogen-bond acceptors (Lipinski definition) is 2. The molecule has 1 atom stereocenters. The summed E-state index contributed by atoms with van der Waals surface area (Å²) in [5, 5.41) is 12.1. The largest absolute Gasteiger partial charge is 0.391 e. The highest BCUT2D eigenvalue weighted by molar-refractivity contribution is 5.94. The third-order valence-electron chi connectivity index (χ3n) is 3.00. The smallest absolute Gasteiger partial charge is 0.251 e. The number of nitrogens with one attached hydrogen (secondary N) is 1. The quantitative estimate of drug-likeness (QED) is 0.780. The van der Waals surface area contributed by atoms with Crippen LogP contribution in [0.2, 0.25) is 0 Å². The highest BCUT2D eigenvalue weighted by Crippen LogP contribution is 2.08. The molecule has 0 heterocycles. The third kappa shape index (κ3) is 4.88. The Balaban J connectivity index is 2.48. The Bertz CT molecular complexity index is 359. The molecule has 1 rings (SSSR count). The van der Waals surface area contributed by atoms with Crippen LogP contribution in [0.25, 0.3) is 0 Å². The van der Waals surface area contributed by atoms with Gasteiger partial charge in [-0.1, -0.05) is 32.4 Å². The van der Waals surface area contributed by atoms with Crippen LogP contribution in [0.4, 0.5) is 0 Å². The Morgan fingerprint density at radius 1 is 1.28 bits per heavy atom. The van der Waals surface area contributed by atoms with Crippen molar-refractivity contribution in [3.63, 3.8) is 0 Å². The molecule has 1 amide bonds. The first kappa shape index (κ1) is 14.7. The summed E-state index contributed by atoms with van der Waals surface area (Å²) in [7, 11) is 0. The van der Waals surface area contributed by atoms with Crippen molar-refractivity contribution in [1.82, 2.24) is 5.32 Å². The number of aliphatic hydroxyl groups is 1. The van der Waals surface area contributed by atoms with Crippen LogP contribution in [-0.2, 0) is 6.42 Å². The molecule has 1 unspecified atom stereocenters. The molecule has 0 saturated carbocycles. The molecule has 100 valence electrons. The molecule has 0 spiro atoms. The van der Waals surface area contributed by atoms with Crippen LogP contribution in [0.3, 0.4) is 0 Å². The van der Waals surface area contributed by atoms with Gasteiger partial charge in [0.05, 0.1) is 6.10 Å². The lowest BCUT2D eigenvalue weighted by Crippen LogP contribution is -2.31. The van der Waals surface area contributed by atoms with Crippen molar-refractivity contribution in [1.29, 1.82) is 0 Å². The Hall–Kier alpha value is -1.35. The fourth-order valence-corrected chi connectivity index (χ4v) is 1.66. The van der Waals surface area contributed by atoms with E-state index in [0.717, 1.165) is 6.42 Å². The van der Waals surface area contributed by atoms with Crippen LogP contribution in [-0.4, -0.2) is 23.7 Å². The van der Waals surface area contributed by atoms with Crippen molar-refractivity contribution >= 4 is 5.91 Å². The summed E-state index contributed by atoms with van der Waals surface area (Å²) in [6, 6.07) is 7.69. The average Bonchev–Trinajstić information content (AvgIpc) is 2.42. The van der Waals surface area contributed by atoms with Crippen molar-refractivity contribution < 1.29 is 9.90 Å². The molecule has 0 bridgehead atoms. The van der Waals surface area contributed by atoms with E-state index in [1.165, 1.54) is 18.4 Å². The average molecular weight is 249 g/mol.